The van der Waals surface area contributed by atoms with E-state index in [1.165, 1.54) is 12.4 Å². The first-order chi connectivity index (χ1) is 7.98. The maximum Gasteiger partial charge on any atom is 0.271 e. The molecule has 1 aromatic rings. The van der Waals surface area contributed by atoms with Gasteiger partial charge in [0.1, 0.15) is 5.69 Å². The second kappa shape index (κ2) is 5.58. The van der Waals surface area contributed by atoms with Crippen molar-refractivity contribution in [3.63, 3.8) is 0 Å². The highest BCUT2D eigenvalue weighted by atomic mass is 16.1. The fourth-order valence-corrected chi connectivity index (χ4v) is 1.08. The molecule has 17 heavy (non-hydrogen) atoms. The topological polar surface area (TPSA) is 92.9 Å². The van der Waals surface area contributed by atoms with Crippen LogP contribution in [-0.2, 0) is 0 Å². The Morgan fingerprint density at radius 3 is 2.76 bits per heavy atom. The fraction of sp³-hybridized carbons (Fsp3) is 0.545. The molecule has 0 aliphatic rings. The molecule has 4 N–H and O–H groups in total. The van der Waals surface area contributed by atoms with Gasteiger partial charge in [0.05, 0.1) is 12.4 Å². The number of hydrogen-bond acceptors (Lipinski definition) is 5. The third-order valence-corrected chi connectivity index (χ3v) is 2.70. The summed E-state index contributed by atoms with van der Waals surface area (Å²) in [5.74, 6) is 5.33. The first kappa shape index (κ1) is 13.4. The Bertz CT molecular complexity index is 391. The molecule has 0 saturated heterocycles. The molecule has 94 valence electrons. The lowest BCUT2D eigenvalue weighted by Crippen LogP contribution is -2.34. The molecule has 0 radical (unpaired) electrons. The lowest BCUT2D eigenvalue weighted by molar-refractivity contribution is 0.0930. The van der Waals surface area contributed by atoms with Gasteiger partial charge >= 0.3 is 0 Å². The number of nitrogen functional groups attached to an aromatic ring is 1. The smallest absolute Gasteiger partial charge is 0.271 e. The molecule has 6 nitrogen and oxygen atoms in total. The fourth-order valence-electron chi connectivity index (χ4n) is 1.08. The number of amides is 1. The summed E-state index contributed by atoms with van der Waals surface area (Å²) in [4.78, 5) is 19.7. The predicted molar refractivity (Wildman–Crippen MR) is 66.2 cm³/mol. The van der Waals surface area contributed by atoms with E-state index < -0.39 is 0 Å². The highest BCUT2D eigenvalue weighted by Gasteiger charge is 2.17. The molecular weight excluding hydrogens is 218 g/mol. The van der Waals surface area contributed by atoms with Crippen molar-refractivity contribution in [1.29, 1.82) is 0 Å². The monoisotopic (exact) mass is 237 g/mol. The van der Waals surface area contributed by atoms with Crippen molar-refractivity contribution >= 4 is 11.7 Å². The van der Waals surface area contributed by atoms with Crippen LogP contribution in [0.25, 0.3) is 0 Å². The Morgan fingerprint density at radius 2 is 2.18 bits per heavy atom. The SMILES string of the molecule is CCC(C)(C)CNC(=O)c1cncc(NN)n1. The number of nitrogens with zero attached hydrogens (tertiary/aromatic N) is 2. The maximum absolute atomic E-state index is 11.8. The molecule has 0 aliphatic carbocycles. The van der Waals surface area contributed by atoms with Crippen molar-refractivity contribution in [3.05, 3.63) is 18.1 Å². The highest BCUT2D eigenvalue weighted by molar-refractivity contribution is 5.92. The van der Waals surface area contributed by atoms with E-state index in [2.05, 4.69) is 41.5 Å². The summed E-state index contributed by atoms with van der Waals surface area (Å²) < 4.78 is 0. The molecule has 0 aromatic carbocycles. The van der Waals surface area contributed by atoms with Gasteiger partial charge in [-0.3, -0.25) is 9.78 Å². The van der Waals surface area contributed by atoms with Crippen LogP contribution in [0.5, 0.6) is 0 Å². The number of rotatable bonds is 5. The van der Waals surface area contributed by atoms with Gasteiger partial charge < -0.3 is 10.7 Å². The quantitative estimate of drug-likeness (QED) is 0.523. The van der Waals surface area contributed by atoms with Crippen LogP contribution in [0.4, 0.5) is 5.82 Å². The summed E-state index contributed by atoms with van der Waals surface area (Å²) in [5, 5.41) is 2.83. The van der Waals surface area contributed by atoms with E-state index >= 15 is 0 Å². The lowest BCUT2D eigenvalue weighted by Gasteiger charge is -2.22. The first-order valence-electron chi connectivity index (χ1n) is 5.55. The van der Waals surface area contributed by atoms with Crippen LogP contribution in [0.15, 0.2) is 12.4 Å². The van der Waals surface area contributed by atoms with Crippen molar-refractivity contribution in [2.24, 2.45) is 11.3 Å². The number of carbonyl (C=O) groups is 1. The van der Waals surface area contributed by atoms with Gasteiger partial charge in [-0.05, 0) is 11.8 Å². The highest BCUT2D eigenvalue weighted by Crippen LogP contribution is 2.17. The average Bonchev–Trinajstić information content (AvgIpc) is 2.36. The van der Waals surface area contributed by atoms with E-state index in [4.69, 9.17) is 5.84 Å². The summed E-state index contributed by atoms with van der Waals surface area (Å²) in [7, 11) is 0. The third kappa shape index (κ3) is 3.99. The minimum Gasteiger partial charge on any atom is -0.350 e. The number of nitrogens with two attached hydrogens (primary N) is 1. The molecule has 0 atom stereocenters. The van der Waals surface area contributed by atoms with E-state index in [-0.39, 0.29) is 17.0 Å². The Hall–Kier alpha value is -1.69. The van der Waals surface area contributed by atoms with Gasteiger partial charge in [-0.2, -0.15) is 0 Å². The van der Waals surface area contributed by atoms with E-state index in [0.717, 1.165) is 6.42 Å². The Morgan fingerprint density at radius 1 is 1.47 bits per heavy atom. The molecule has 1 rings (SSSR count). The van der Waals surface area contributed by atoms with E-state index in [9.17, 15) is 4.79 Å². The molecular formula is C11H19N5O. The maximum atomic E-state index is 11.8. The second-order valence-corrected chi connectivity index (χ2v) is 4.63. The minimum atomic E-state index is -0.240. The standard InChI is InChI=1S/C11H19N5O/c1-4-11(2,3)7-14-10(17)8-5-13-6-9(15-8)16-12/h5-6H,4,7,12H2,1-3H3,(H,14,17)(H,15,16). The van der Waals surface area contributed by atoms with Crippen molar-refractivity contribution < 1.29 is 4.79 Å². The van der Waals surface area contributed by atoms with Gasteiger partial charge in [0, 0.05) is 6.54 Å². The van der Waals surface area contributed by atoms with Crippen LogP contribution in [-0.4, -0.2) is 22.4 Å². The predicted octanol–water partition coefficient (Wildman–Crippen LogP) is 0.928. The molecule has 1 heterocycles. The zero-order valence-corrected chi connectivity index (χ0v) is 10.4. The zero-order valence-electron chi connectivity index (χ0n) is 10.4. The average molecular weight is 237 g/mol. The summed E-state index contributed by atoms with van der Waals surface area (Å²) in [6, 6.07) is 0. The van der Waals surface area contributed by atoms with Gasteiger partial charge in [-0.1, -0.05) is 20.8 Å². The molecule has 1 amide bonds. The van der Waals surface area contributed by atoms with Crippen molar-refractivity contribution in [3.8, 4) is 0 Å². The van der Waals surface area contributed by atoms with Crippen molar-refractivity contribution in [2.75, 3.05) is 12.0 Å². The van der Waals surface area contributed by atoms with Gasteiger partial charge in [0.15, 0.2) is 5.82 Å². The number of carbonyl (C=O) groups excluding carboxylic acids is 1. The molecule has 0 aliphatic heterocycles. The van der Waals surface area contributed by atoms with Gasteiger partial charge in [-0.25, -0.2) is 10.8 Å². The second-order valence-electron chi connectivity index (χ2n) is 4.63. The number of aromatic nitrogens is 2. The van der Waals surface area contributed by atoms with Gasteiger partial charge in [0.25, 0.3) is 5.91 Å². The van der Waals surface area contributed by atoms with Crippen LogP contribution in [0.3, 0.4) is 0 Å². The van der Waals surface area contributed by atoms with Crippen LogP contribution in [0.2, 0.25) is 0 Å². The summed E-state index contributed by atoms with van der Waals surface area (Å²) in [5.41, 5.74) is 2.69. The minimum absolute atomic E-state index is 0.0762. The van der Waals surface area contributed by atoms with Gasteiger partial charge in [-0.15, -0.1) is 0 Å². The normalized spacial score (nSPS) is 11.1. The number of anilines is 1. The largest absolute Gasteiger partial charge is 0.350 e. The number of nitrogens with one attached hydrogen (secondary N) is 2. The molecule has 0 unspecified atom stereocenters. The summed E-state index contributed by atoms with van der Waals surface area (Å²) in [6.45, 7) is 6.88. The molecule has 0 saturated carbocycles. The number of hydrazine groups is 1. The van der Waals surface area contributed by atoms with Crippen molar-refractivity contribution in [1.82, 2.24) is 15.3 Å². The van der Waals surface area contributed by atoms with Crippen LogP contribution < -0.4 is 16.6 Å². The van der Waals surface area contributed by atoms with Crippen LogP contribution in [0.1, 0.15) is 37.7 Å². The molecule has 1 aromatic heterocycles. The Balaban J connectivity index is 2.64. The zero-order chi connectivity index (χ0) is 12.9. The Kier molecular flexibility index (Phi) is 4.39. The van der Waals surface area contributed by atoms with Crippen LogP contribution in [0, 0.1) is 5.41 Å². The van der Waals surface area contributed by atoms with Crippen molar-refractivity contribution in [2.45, 2.75) is 27.2 Å². The molecule has 0 spiro atoms. The summed E-state index contributed by atoms with van der Waals surface area (Å²) in [6.07, 6.45) is 3.85. The molecule has 0 bridgehead atoms. The molecule has 6 heteroatoms. The summed E-state index contributed by atoms with van der Waals surface area (Å²) >= 11 is 0. The van der Waals surface area contributed by atoms with Gasteiger partial charge in [0.2, 0.25) is 0 Å². The van der Waals surface area contributed by atoms with E-state index in [0.29, 0.717) is 12.4 Å². The molecule has 0 fully saturated rings. The Labute approximate surface area is 101 Å². The lowest BCUT2D eigenvalue weighted by atomic mass is 9.90. The number of hydrogen-bond donors (Lipinski definition) is 3. The van der Waals surface area contributed by atoms with E-state index in [1.807, 2.05) is 0 Å². The van der Waals surface area contributed by atoms with Crippen LogP contribution >= 0.6 is 0 Å². The first-order valence-corrected chi connectivity index (χ1v) is 5.55. The third-order valence-electron chi connectivity index (χ3n) is 2.70. The van der Waals surface area contributed by atoms with E-state index in [1.54, 1.807) is 0 Å².